The van der Waals surface area contributed by atoms with Gasteiger partial charge in [-0.1, -0.05) is 48.5 Å². The van der Waals surface area contributed by atoms with Crippen molar-refractivity contribution in [3.8, 4) is 0 Å². The zero-order chi connectivity index (χ0) is 25.5. The number of ether oxygens (including phenoxy) is 1. The van der Waals surface area contributed by atoms with Gasteiger partial charge < -0.3 is 20.7 Å². The predicted molar refractivity (Wildman–Crippen MR) is 138 cm³/mol. The van der Waals surface area contributed by atoms with Gasteiger partial charge in [0.05, 0.1) is 24.7 Å². The molecule has 0 bridgehead atoms. The Morgan fingerprint density at radius 3 is 2.67 bits per heavy atom. The van der Waals surface area contributed by atoms with E-state index in [0.29, 0.717) is 18.7 Å². The van der Waals surface area contributed by atoms with Gasteiger partial charge in [-0.15, -0.1) is 11.3 Å². The molecule has 2 atom stereocenters. The summed E-state index contributed by atoms with van der Waals surface area (Å²) < 4.78 is 5.30. The van der Waals surface area contributed by atoms with Crippen LogP contribution in [-0.4, -0.2) is 40.3 Å². The van der Waals surface area contributed by atoms with Crippen molar-refractivity contribution in [3.63, 3.8) is 0 Å². The first-order valence-corrected chi connectivity index (χ1v) is 12.8. The molecule has 4 rings (SSSR count). The topological polar surface area (TPSA) is 115 Å². The number of likely N-dealkylation sites (tertiary alicyclic amines) is 1. The monoisotopic (exact) mass is 506 g/mol. The number of carbonyl (C=O) groups excluding carboxylic acids is 3. The average molecular weight is 507 g/mol. The van der Waals surface area contributed by atoms with Crippen LogP contribution >= 0.6 is 11.3 Å². The zero-order valence-corrected chi connectivity index (χ0v) is 21.0. The number of esters is 1. The maximum atomic E-state index is 13.3. The van der Waals surface area contributed by atoms with Crippen LogP contribution in [0, 0.1) is 0 Å². The average Bonchev–Trinajstić information content (AvgIpc) is 3.53. The highest BCUT2D eigenvalue weighted by Crippen LogP contribution is 2.32. The summed E-state index contributed by atoms with van der Waals surface area (Å²) >= 11 is 1.44. The van der Waals surface area contributed by atoms with Crippen molar-refractivity contribution >= 4 is 34.8 Å². The largest absolute Gasteiger partial charge is 0.452 e. The first kappa shape index (κ1) is 25.4. The number of hydrogen-bond donors (Lipinski definition) is 2. The zero-order valence-electron chi connectivity index (χ0n) is 20.2. The lowest BCUT2D eigenvalue weighted by Gasteiger charge is -2.28. The van der Waals surface area contributed by atoms with E-state index in [0.717, 1.165) is 34.7 Å². The number of amides is 2. The molecule has 0 spiro atoms. The third kappa shape index (κ3) is 6.48. The molecule has 8 nitrogen and oxygen atoms in total. The van der Waals surface area contributed by atoms with Crippen LogP contribution in [-0.2, 0) is 32.1 Å². The molecule has 2 amide bonds. The van der Waals surface area contributed by atoms with Crippen LogP contribution in [0.1, 0.15) is 54.1 Å². The van der Waals surface area contributed by atoms with E-state index in [1.165, 1.54) is 18.3 Å². The highest BCUT2D eigenvalue weighted by molar-refractivity contribution is 7.09. The minimum absolute atomic E-state index is 0.0905. The number of rotatable bonds is 9. The molecule has 2 aromatic carbocycles. The number of thiazole rings is 1. The van der Waals surface area contributed by atoms with E-state index < -0.39 is 12.1 Å². The molecule has 3 aromatic rings. The van der Waals surface area contributed by atoms with Crippen LogP contribution in [0.3, 0.4) is 0 Å². The number of nitrogens with zero attached hydrogens (tertiary/aromatic N) is 2. The Balaban J connectivity index is 1.35. The number of nitrogens with two attached hydrogens (primary N) is 1. The molecule has 0 radical (unpaired) electrons. The number of nitrogens with one attached hydrogen (secondary N) is 1. The van der Waals surface area contributed by atoms with Gasteiger partial charge in [0, 0.05) is 31.0 Å². The fourth-order valence-corrected chi connectivity index (χ4v) is 5.17. The van der Waals surface area contributed by atoms with Crippen molar-refractivity contribution in [1.29, 1.82) is 0 Å². The van der Waals surface area contributed by atoms with E-state index in [-0.39, 0.29) is 30.8 Å². The predicted octanol–water partition coefficient (Wildman–Crippen LogP) is 3.62. The van der Waals surface area contributed by atoms with Crippen LogP contribution in [0.2, 0.25) is 0 Å². The summed E-state index contributed by atoms with van der Waals surface area (Å²) in [6.07, 6.45) is 0.883. The van der Waals surface area contributed by atoms with Gasteiger partial charge in [-0.25, -0.2) is 4.98 Å². The Bertz CT molecular complexity index is 1210. The lowest BCUT2D eigenvalue weighted by molar-refractivity contribution is -0.160. The van der Waals surface area contributed by atoms with Gasteiger partial charge >= 0.3 is 5.97 Å². The van der Waals surface area contributed by atoms with Crippen molar-refractivity contribution in [2.24, 2.45) is 0 Å². The number of para-hydroxylation sites is 1. The van der Waals surface area contributed by atoms with Crippen LogP contribution < -0.4 is 11.1 Å². The third-order valence-electron chi connectivity index (χ3n) is 6.14. The minimum Gasteiger partial charge on any atom is -0.452 e. The fraction of sp³-hybridized carbons (Fsp3) is 0.333. The molecule has 1 unspecified atom stereocenters. The summed E-state index contributed by atoms with van der Waals surface area (Å²) in [4.78, 5) is 44.1. The van der Waals surface area contributed by atoms with Crippen LogP contribution in [0.5, 0.6) is 0 Å². The second kappa shape index (κ2) is 11.8. The highest BCUT2D eigenvalue weighted by atomic mass is 32.1. The summed E-state index contributed by atoms with van der Waals surface area (Å²) in [7, 11) is 0. The smallest absolute Gasteiger partial charge is 0.303 e. The van der Waals surface area contributed by atoms with Gasteiger partial charge in [0.2, 0.25) is 5.91 Å². The molecule has 1 aliphatic heterocycles. The van der Waals surface area contributed by atoms with E-state index in [9.17, 15) is 14.4 Å². The number of hydrogen-bond acceptors (Lipinski definition) is 7. The van der Waals surface area contributed by atoms with E-state index >= 15 is 0 Å². The molecule has 2 heterocycles. The van der Waals surface area contributed by atoms with Gasteiger partial charge in [-0.3, -0.25) is 14.4 Å². The SMILES string of the molecule is CC(=O)O[C@H](CC(=O)NCc1nc(Cc2ccccc2N)cs1)C(=O)N1CCCC1c1ccccc1. The maximum Gasteiger partial charge on any atom is 0.303 e. The lowest BCUT2D eigenvalue weighted by Crippen LogP contribution is -2.43. The first-order chi connectivity index (χ1) is 17.4. The third-order valence-corrected chi connectivity index (χ3v) is 7.04. The quantitative estimate of drug-likeness (QED) is 0.338. The molecule has 1 fully saturated rings. The minimum atomic E-state index is -1.17. The van der Waals surface area contributed by atoms with E-state index in [1.54, 1.807) is 4.90 Å². The Kier molecular flexibility index (Phi) is 8.32. The molecule has 188 valence electrons. The van der Waals surface area contributed by atoms with Crippen LogP contribution in [0.15, 0.2) is 60.0 Å². The summed E-state index contributed by atoms with van der Waals surface area (Å²) in [5.74, 6) is -1.32. The first-order valence-electron chi connectivity index (χ1n) is 12.0. The molecule has 1 aromatic heterocycles. The fourth-order valence-electron chi connectivity index (χ4n) is 4.43. The van der Waals surface area contributed by atoms with E-state index in [2.05, 4.69) is 10.3 Å². The van der Waals surface area contributed by atoms with Crippen molar-refractivity contribution in [1.82, 2.24) is 15.2 Å². The molecule has 3 N–H and O–H groups in total. The van der Waals surface area contributed by atoms with Crippen LogP contribution in [0.25, 0.3) is 0 Å². The van der Waals surface area contributed by atoms with E-state index in [4.69, 9.17) is 10.5 Å². The Morgan fingerprint density at radius 1 is 1.17 bits per heavy atom. The van der Waals surface area contributed by atoms with Gasteiger partial charge in [0.15, 0.2) is 6.10 Å². The number of benzene rings is 2. The summed E-state index contributed by atoms with van der Waals surface area (Å²) in [5.41, 5.74) is 9.64. The summed E-state index contributed by atoms with van der Waals surface area (Å²) in [6, 6.07) is 17.3. The molecule has 0 aliphatic carbocycles. The number of anilines is 1. The van der Waals surface area contributed by atoms with Crippen molar-refractivity contribution in [3.05, 3.63) is 81.8 Å². The van der Waals surface area contributed by atoms with Crippen molar-refractivity contribution < 1.29 is 19.1 Å². The van der Waals surface area contributed by atoms with Gasteiger partial charge in [-0.05, 0) is 30.0 Å². The summed E-state index contributed by atoms with van der Waals surface area (Å²) in [6.45, 7) is 2.03. The highest BCUT2D eigenvalue weighted by Gasteiger charge is 2.36. The molecule has 1 saturated heterocycles. The second-order valence-corrected chi connectivity index (χ2v) is 9.73. The van der Waals surface area contributed by atoms with Gasteiger partial charge in [0.25, 0.3) is 5.91 Å². The van der Waals surface area contributed by atoms with Crippen molar-refractivity contribution in [2.45, 2.75) is 51.3 Å². The number of aromatic nitrogens is 1. The molecular formula is C27H30N4O4S. The van der Waals surface area contributed by atoms with Gasteiger partial charge in [0.1, 0.15) is 5.01 Å². The van der Waals surface area contributed by atoms with Crippen LogP contribution in [0.4, 0.5) is 5.69 Å². The molecule has 36 heavy (non-hydrogen) atoms. The summed E-state index contributed by atoms with van der Waals surface area (Å²) in [5, 5.41) is 5.49. The standard InChI is InChI=1S/C27H30N4O4S/c1-18(32)35-24(27(34)31-13-7-12-23(31)19-8-3-2-4-9-19)15-25(33)29-16-26-30-21(17-36-26)14-20-10-5-6-11-22(20)28/h2-6,8-11,17,23-24H,7,12-16,28H2,1H3,(H,29,33)/t23?,24-/m1/s1. The number of carbonyl (C=O) groups is 3. The molecule has 1 aliphatic rings. The van der Waals surface area contributed by atoms with E-state index in [1.807, 2.05) is 60.0 Å². The molecule has 0 saturated carbocycles. The normalized spacial score (nSPS) is 15.9. The number of nitrogen functional groups attached to an aromatic ring is 1. The Hall–Kier alpha value is -3.72. The molecular weight excluding hydrogens is 476 g/mol. The Morgan fingerprint density at radius 2 is 1.92 bits per heavy atom. The maximum absolute atomic E-state index is 13.3. The van der Waals surface area contributed by atoms with Crippen molar-refractivity contribution in [2.75, 3.05) is 12.3 Å². The lowest BCUT2D eigenvalue weighted by atomic mass is 10.0. The second-order valence-electron chi connectivity index (χ2n) is 8.79. The molecule has 9 heteroatoms. The van der Waals surface area contributed by atoms with Gasteiger partial charge in [-0.2, -0.15) is 0 Å². The Labute approximate surface area is 214 Å².